The lowest BCUT2D eigenvalue weighted by molar-refractivity contribution is -0.111. The molecule has 0 aliphatic rings. The van der Waals surface area contributed by atoms with Gasteiger partial charge in [0.1, 0.15) is 5.75 Å². The third kappa shape index (κ3) is 5.59. The van der Waals surface area contributed by atoms with Crippen molar-refractivity contribution in [3.8, 4) is 5.75 Å². The summed E-state index contributed by atoms with van der Waals surface area (Å²) in [4.78, 5) is 25.4. The van der Waals surface area contributed by atoms with Crippen LogP contribution in [0.2, 0.25) is 5.02 Å². The number of anilines is 1. The van der Waals surface area contributed by atoms with E-state index >= 15 is 0 Å². The summed E-state index contributed by atoms with van der Waals surface area (Å²) in [5, 5.41) is 3.18. The first-order chi connectivity index (χ1) is 14.5. The normalized spacial score (nSPS) is 10.8. The Morgan fingerprint density at radius 3 is 2.57 bits per heavy atom. The summed E-state index contributed by atoms with van der Waals surface area (Å²) in [7, 11) is 0. The van der Waals surface area contributed by atoms with Crippen LogP contribution in [0.3, 0.4) is 0 Å². The van der Waals surface area contributed by atoms with Crippen molar-refractivity contribution in [2.75, 3.05) is 11.9 Å². The number of rotatable bonds is 7. The average Bonchev–Trinajstić information content (AvgIpc) is 2.75. The predicted molar refractivity (Wildman–Crippen MR) is 124 cm³/mol. The van der Waals surface area contributed by atoms with E-state index in [1.807, 2.05) is 31.2 Å². The van der Waals surface area contributed by atoms with Gasteiger partial charge in [-0.15, -0.1) is 0 Å². The Labute approximate surface area is 188 Å². The highest BCUT2D eigenvalue weighted by molar-refractivity contribution is 9.10. The second-order valence-electron chi connectivity index (χ2n) is 6.32. The zero-order valence-corrected chi connectivity index (χ0v) is 18.5. The van der Waals surface area contributed by atoms with Gasteiger partial charge in [0, 0.05) is 32.3 Å². The van der Waals surface area contributed by atoms with Crippen LogP contribution in [0, 0.1) is 0 Å². The first-order valence-corrected chi connectivity index (χ1v) is 10.5. The molecule has 0 aliphatic heterocycles. The van der Waals surface area contributed by atoms with Crippen molar-refractivity contribution in [2.45, 2.75) is 6.92 Å². The summed E-state index contributed by atoms with van der Waals surface area (Å²) in [6.07, 6.45) is 3.06. The molecule has 30 heavy (non-hydrogen) atoms. The standard InChI is InChI=1S/C24H19BrClNO3/c1-2-30-22-12-9-18(25)14-17(22)8-13-23(28)27-21-11-10-19(26)15-20(21)24(29)16-6-4-3-5-7-16/h3-15H,2H2,1H3,(H,27,28)/b13-8+. The van der Waals surface area contributed by atoms with Crippen molar-refractivity contribution in [3.05, 3.63) is 99.0 Å². The first kappa shape index (κ1) is 21.8. The monoisotopic (exact) mass is 483 g/mol. The quantitative estimate of drug-likeness (QED) is 0.312. The zero-order chi connectivity index (χ0) is 21.5. The number of amides is 1. The molecule has 0 bridgehead atoms. The van der Waals surface area contributed by atoms with Crippen molar-refractivity contribution in [1.29, 1.82) is 0 Å². The van der Waals surface area contributed by atoms with Gasteiger partial charge in [0.05, 0.1) is 12.3 Å². The molecule has 0 fully saturated rings. The van der Waals surface area contributed by atoms with Crippen LogP contribution in [0.5, 0.6) is 5.75 Å². The number of carbonyl (C=O) groups is 2. The maximum absolute atomic E-state index is 12.9. The molecule has 0 unspecified atom stereocenters. The zero-order valence-electron chi connectivity index (χ0n) is 16.2. The Bertz CT molecular complexity index is 1100. The van der Waals surface area contributed by atoms with Gasteiger partial charge in [0.15, 0.2) is 5.78 Å². The molecule has 4 nitrogen and oxygen atoms in total. The van der Waals surface area contributed by atoms with E-state index in [1.54, 1.807) is 48.5 Å². The van der Waals surface area contributed by atoms with Crippen LogP contribution in [0.4, 0.5) is 5.69 Å². The molecular formula is C24H19BrClNO3. The fourth-order valence-corrected chi connectivity index (χ4v) is 3.39. The minimum atomic E-state index is -0.373. The lowest BCUT2D eigenvalue weighted by atomic mass is 10.0. The molecular weight excluding hydrogens is 466 g/mol. The Balaban J connectivity index is 1.83. The Kier molecular flexibility index (Phi) is 7.44. The van der Waals surface area contributed by atoms with E-state index in [0.717, 1.165) is 10.0 Å². The number of benzene rings is 3. The van der Waals surface area contributed by atoms with Gasteiger partial charge >= 0.3 is 0 Å². The fraction of sp³-hybridized carbons (Fsp3) is 0.0833. The number of carbonyl (C=O) groups excluding carboxylic acids is 2. The lowest BCUT2D eigenvalue weighted by Crippen LogP contribution is -2.13. The van der Waals surface area contributed by atoms with Crippen LogP contribution in [-0.2, 0) is 4.79 Å². The van der Waals surface area contributed by atoms with E-state index in [0.29, 0.717) is 34.2 Å². The largest absolute Gasteiger partial charge is 0.493 e. The van der Waals surface area contributed by atoms with Crippen molar-refractivity contribution >= 4 is 51.0 Å². The van der Waals surface area contributed by atoms with Crippen molar-refractivity contribution in [2.24, 2.45) is 0 Å². The molecule has 1 N–H and O–H groups in total. The number of halogens is 2. The molecule has 0 aliphatic carbocycles. The van der Waals surface area contributed by atoms with Crippen LogP contribution in [0.1, 0.15) is 28.4 Å². The Morgan fingerprint density at radius 1 is 1.07 bits per heavy atom. The molecule has 3 rings (SSSR count). The molecule has 152 valence electrons. The third-order valence-electron chi connectivity index (χ3n) is 4.21. The molecule has 0 radical (unpaired) electrons. The SMILES string of the molecule is CCOc1ccc(Br)cc1/C=C/C(=O)Nc1ccc(Cl)cc1C(=O)c1ccccc1. The fourth-order valence-electron chi connectivity index (χ4n) is 2.83. The van der Waals surface area contributed by atoms with E-state index in [9.17, 15) is 9.59 Å². The Morgan fingerprint density at radius 2 is 1.83 bits per heavy atom. The molecule has 0 spiro atoms. The minimum absolute atomic E-state index is 0.219. The molecule has 0 atom stereocenters. The molecule has 3 aromatic carbocycles. The van der Waals surface area contributed by atoms with E-state index < -0.39 is 0 Å². The summed E-state index contributed by atoms with van der Waals surface area (Å²) in [6, 6.07) is 19.2. The van der Waals surface area contributed by atoms with Crippen LogP contribution in [0.25, 0.3) is 6.08 Å². The van der Waals surface area contributed by atoms with Crippen molar-refractivity contribution in [3.63, 3.8) is 0 Å². The molecule has 0 heterocycles. The van der Waals surface area contributed by atoms with Gasteiger partial charge in [0.25, 0.3) is 0 Å². The summed E-state index contributed by atoms with van der Waals surface area (Å²) in [5.41, 5.74) is 1.99. The number of ether oxygens (including phenoxy) is 1. The summed E-state index contributed by atoms with van der Waals surface area (Å²) in [6.45, 7) is 2.42. The number of hydrogen-bond acceptors (Lipinski definition) is 3. The van der Waals surface area contributed by atoms with Gasteiger partial charge in [-0.1, -0.05) is 57.9 Å². The van der Waals surface area contributed by atoms with Gasteiger partial charge in [-0.25, -0.2) is 0 Å². The molecule has 0 saturated heterocycles. The van der Waals surface area contributed by atoms with Gasteiger partial charge in [-0.05, 0) is 49.4 Å². The summed E-state index contributed by atoms with van der Waals surface area (Å²) in [5.74, 6) is 0.0843. The van der Waals surface area contributed by atoms with Crippen LogP contribution < -0.4 is 10.1 Å². The number of hydrogen-bond donors (Lipinski definition) is 1. The minimum Gasteiger partial charge on any atom is -0.493 e. The van der Waals surface area contributed by atoms with E-state index in [4.69, 9.17) is 16.3 Å². The van der Waals surface area contributed by atoms with E-state index in [-0.39, 0.29) is 11.7 Å². The highest BCUT2D eigenvalue weighted by atomic mass is 79.9. The van der Waals surface area contributed by atoms with Gasteiger partial charge < -0.3 is 10.1 Å². The van der Waals surface area contributed by atoms with Crippen LogP contribution in [0.15, 0.2) is 77.3 Å². The molecule has 3 aromatic rings. The molecule has 0 aromatic heterocycles. The number of nitrogens with one attached hydrogen (secondary N) is 1. The van der Waals surface area contributed by atoms with E-state index in [1.165, 1.54) is 6.08 Å². The maximum Gasteiger partial charge on any atom is 0.248 e. The summed E-state index contributed by atoms with van der Waals surface area (Å²) >= 11 is 9.51. The van der Waals surface area contributed by atoms with Crippen LogP contribution in [-0.4, -0.2) is 18.3 Å². The average molecular weight is 485 g/mol. The van der Waals surface area contributed by atoms with Gasteiger partial charge in [-0.3, -0.25) is 9.59 Å². The first-order valence-electron chi connectivity index (χ1n) is 9.28. The molecule has 0 saturated carbocycles. The summed E-state index contributed by atoms with van der Waals surface area (Å²) < 4.78 is 6.47. The Hall–Kier alpha value is -2.89. The third-order valence-corrected chi connectivity index (χ3v) is 4.93. The number of ketones is 1. The lowest BCUT2D eigenvalue weighted by Gasteiger charge is -2.10. The second kappa shape index (κ2) is 10.2. The molecule has 6 heteroatoms. The maximum atomic E-state index is 12.9. The van der Waals surface area contributed by atoms with Gasteiger partial charge in [0.2, 0.25) is 5.91 Å². The van der Waals surface area contributed by atoms with E-state index in [2.05, 4.69) is 21.2 Å². The highest BCUT2D eigenvalue weighted by Gasteiger charge is 2.15. The van der Waals surface area contributed by atoms with Crippen LogP contribution >= 0.6 is 27.5 Å². The van der Waals surface area contributed by atoms with Crippen molar-refractivity contribution in [1.82, 2.24) is 0 Å². The predicted octanol–water partition coefficient (Wildman–Crippen LogP) is 6.38. The second-order valence-corrected chi connectivity index (χ2v) is 7.67. The smallest absolute Gasteiger partial charge is 0.248 e. The molecule has 1 amide bonds. The highest BCUT2D eigenvalue weighted by Crippen LogP contribution is 2.26. The van der Waals surface area contributed by atoms with Crippen molar-refractivity contribution < 1.29 is 14.3 Å². The van der Waals surface area contributed by atoms with Gasteiger partial charge in [-0.2, -0.15) is 0 Å². The topological polar surface area (TPSA) is 55.4 Å².